The summed E-state index contributed by atoms with van der Waals surface area (Å²) in [5.74, 6) is 1.13. The van der Waals surface area contributed by atoms with Crippen molar-refractivity contribution in [2.75, 3.05) is 20.6 Å². The summed E-state index contributed by atoms with van der Waals surface area (Å²) in [4.78, 5) is 15.4. The molecule has 5 heteroatoms. The fourth-order valence-corrected chi connectivity index (χ4v) is 4.26. The third-order valence-electron chi connectivity index (χ3n) is 4.96. The third-order valence-corrected chi connectivity index (χ3v) is 5.66. The number of carbonyl (C=O) groups is 1. The number of nitrogens with zero attached hydrogens (tertiary/aromatic N) is 1. The van der Waals surface area contributed by atoms with E-state index in [1.54, 1.807) is 11.3 Å². The van der Waals surface area contributed by atoms with E-state index in [9.17, 15) is 4.79 Å². The van der Waals surface area contributed by atoms with Gasteiger partial charge in [-0.3, -0.25) is 4.79 Å². The largest absolute Gasteiger partial charge is 0.457 e. The fourth-order valence-electron chi connectivity index (χ4n) is 3.55. The highest BCUT2D eigenvalue weighted by atomic mass is 32.1. The first-order valence-corrected chi connectivity index (χ1v) is 9.91. The van der Waals surface area contributed by atoms with Crippen LogP contribution < -0.4 is 10.1 Å². The molecule has 4 nitrogen and oxygen atoms in total. The SMILES string of the molecule is CN(C)C(CNC(=O)C1c2ccccc2Oc2ccccc21)c1ccsc1. The molecule has 1 unspecified atom stereocenters. The van der Waals surface area contributed by atoms with Gasteiger partial charge < -0.3 is 15.0 Å². The summed E-state index contributed by atoms with van der Waals surface area (Å²) in [6.07, 6.45) is 0. The monoisotopic (exact) mass is 378 g/mol. The highest BCUT2D eigenvalue weighted by molar-refractivity contribution is 7.07. The molecule has 0 spiro atoms. The van der Waals surface area contributed by atoms with Crippen molar-refractivity contribution in [2.45, 2.75) is 12.0 Å². The van der Waals surface area contributed by atoms with E-state index in [2.05, 4.69) is 27.0 Å². The van der Waals surface area contributed by atoms with E-state index in [1.807, 2.05) is 62.6 Å². The minimum absolute atomic E-state index is 0.000259. The molecule has 0 bridgehead atoms. The number of para-hydroxylation sites is 2. The van der Waals surface area contributed by atoms with Gasteiger partial charge in [0.15, 0.2) is 0 Å². The second-order valence-corrected chi connectivity index (χ2v) is 7.67. The van der Waals surface area contributed by atoms with Gasteiger partial charge in [-0.15, -0.1) is 0 Å². The summed E-state index contributed by atoms with van der Waals surface area (Å²) in [7, 11) is 4.07. The van der Waals surface area contributed by atoms with Crippen molar-refractivity contribution < 1.29 is 9.53 Å². The molecule has 27 heavy (non-hydrogen) atoms. The molecule has 0 saturated heterocycles. The summed E-state index contributed by atoms with van der Waals surface area (Å²) in [6, 6.07) is 17.8. The first-order chi connectivity index (χ1) is 13.1. The van der Waals surface area contributed by atoms with Crippen molar-refractivity contribution in [3.63, 3.8) is 0 Å². The molecular weight excluding hydrogens is 356 g/mol. The molecule has 0 fully saturated rings. The van der Waals surface area contributed by atoms with Gasteiger partial charge >= 0.3 is 0 Å². The number of likely N-dealkylation sites (N-methyl/N-ethyl adjacent to an activating group) is 1. The summed E-state index contributed by atoms with van der Waals surface area (Å²) in [6.45, 7) is 0.560. The van der Waals surface area contributed by atoms with Crippen molar-refractivity contribution in [3.05, 3.63) is 82.0 Å². The van der Waals surface area contributed by atoms with Gasteiger partial charge in [0.25, 0.3) is 0 Å². The molecule has 3 aromatic rings. The number of fused-ring (bicyclic) bond motifs is 2. The fraction of sp³-hybridized carbons (Fsp3) is 0.227. The van der Waals surface area contributed by atoms with Gasteiger partial charge in [0.2, 0.25) is 5.91 Å². The maximum atomic E-state index is 13.2. The Kier molecular flexibility index (Phi) is 4.97. The number of benzene rings is 2. The maximum absolute atomic E-state index is 13.2. The molecule has 138 valence electrons. The molecule has 2 heterocycles. The van der Waals surface area contributed by atoms with Gasteiger partial charge in [-0.05, 0) is 48.6 Å². The van der Waals surface area contributed by atoms with E-state index in [0.29, 0.717) is 6.54 Å². The Labute approximate surface area is 163 Å². The van der Waals surface area contributed by atoms with Crippen LogP contribution in [0.25, 0.3) is 0 Å². The zero-order valence-corrected chi connectivity index (χ0v) is 16.2. The minimum Gasteiger partial charge on any atom is -0.457 e. The predicted octanol–water partition coefficient (Wildman–Crippen LogP) is 4.40. The lowest BCUT2D eigenvalue weighted by atomic mass is 9.87. The molecule has 2 aromatic carbocycles. The van der Waals surface area contributed by atoms with Crippen molar-refractivity contribution in [1.82, 2.24) is 10.2 Å². The average Bonchev–Trinajstić information content (AvgIpc) is 3.20. The van der Waals surface area contributed by atoms with Crippen LogP contribution in [-0.4, -0.2) is 31.4 Å². The third kappa shape index (κ3) is 3.48. The lowest BCUT2D eigenvalue weighted by molar-refractivity contribution is -0.122. The van der Waals surface area contributed by atoms with Crippen LogP contribution in [0.2, 0.25) is 0 Å². The molecule has 1 aliphatic heterocycles. The van der Waals surface area contributed by atoms with Crippen molar-refractivity contribution in [1.29, 1.82) is 0 Å². The number of amides is 1. The van der Waals surface area contributed by atoms with E-state index in [1.165, 1.54) is 5.56 Å². The van der Waals surface area contributed by atoms with Crippen LogP contribution in [0.15, 0.2) is 65.4 Å². The average molecular weight is 378 g/mol. The van der Waals surface area contributed by atoms with Crippen LogP contribution in [0.5, 0.6) is 11.5 Å². The number of ether oxygens (including phenoxy) is 1. The number of hydrogen-bond donors (Lipinski definition) is 1. The predicted molar refractivity (Wildman–Crippen MR) is 109 cm³/mol. The van der Waals surface area contributed by atoms with Crippen molar-refractivity contribution in [3.8, 4) is 11.5 Å². The molecule has 1 aromatic heterocycles. The second kappa shape index (κ2) is 7.55. The standard InChI is InChI=1S/C22H22N2O2S/c1-24(2)18(15-11-12-27-14-15)13-23-22(25)21-16-7-3-5-9-19(16)26-20-10-6-4-8-17(20)21/h3-12,14,18,21H,13H2,1-2H3,(H,23,25). The van der Waals surface area contributed by atoms with E-state index >= 15 is 0 Å². The first kappa shape index (κ1) is 17.8. The first-order valence-electron chi connectivity index (χ1n) is 8.97. The van der Waals surface area contributed by atoms with Crippen LogP contribution in [0.3, 0.4) is 0 Å². The van der Waals surface area contributed by atoms with Crippen molar-refractivity contribution >= 4 is 17.2 Å². The molecule has 1 atom stereocenters. The molecule has 0 saturated carbocycles. The Morgan fingerprint density at radius 2 is 1.70 bits per heavy atom. The number of hydrogen-bond acceptors (Lipinski definition) is 4. The van der Waals surface area contributed by atoms with E-state index in [4.69, 9.17) is 4.74 Å². The maximum Gasteiger partial charge on any atom is 0.232 e. The quantitative estimate of drug-likeness (QED) is 0.715. The van der Waals surface area contributed by atoms with Gasteiger partial charge in [0.1, 0.15) is 11.5 Å². The Morgan fingerprint density at radius 1 is 1.07 bits per heavy atom. The molecule has 1 amide bonds. The Hall–Kier alpha value is -2.63. The lowest BCUT2D eigenvalue weighted by Gasteiger charge is -2.29. The zero-order valence-electron chi connectivity index (χ0n) is 15.4. The Bertz CT molecular complexity index is 892. The van der Waals surface area contributed by atoms with Gasteiger partial charge in [-0.1, -0.05) is 36.4 Å². The van der Waals surface area contributed by atoms with Gasteiger partial charge in [-0.25, -0.2) is 0 Å². The minimum atomic E-state index is -0.364. The summed E-state index contributed by atoms with van der Waals surface area (Å²) < 4.78 is 5.99. The number of carbonyl (C=O) groups excluding carboxylic acids is 1. The highest BCUT2D eigenvalue weighted by Crippen LogP contribution is 2.43. The number of rotatable bonds is 5. The van der Waals surface area contributed by atoms with Crippen LogP contribution in [0.1, 0.15) is 28.7 Å². The second-order valence-electron chi connectivity index (χ2n) is 6.89. The number of nitrogens with one attached hydrogen (secondary N) is 1. The van der Waals surface area contributed by atoms with Crippen molar-refractivity contribution in [2.24, 2.45) is 0 Å². The molecule has 4 rings (SSSR count). The van der Waals surface area contributed by atoms with Crippen LogP contribution in [0.4, 0.5) is 0 Å². The number of thiophene rings is 1. The van der Waals surface area contributed by atoms with Gasteiger partial charge in [0.05, 0.1) is 12.0 Å². The highest BCUT2D eigenvalue weighted by Gasteiger charge is 2.32. The van der Waals surface area contributed by atoms with Crippen LogP contribution >= 0.6 is 11.3 Å². The lowest BCUT2D eigenvalue weighted by Crippen LogP contribution is -2.37. The summed E-state index contributed by atoms with van der Waals surface area (Å²) in [5, 5.41) is 7.38. The zero-order chi connectivity index (χ0) is 18.8. The summed E-state index contributed by atoms with van der Waals surface area (Å²) in [5.41, 5.74) is 3.04. The molecule has 0 radical (unpaired) electrons. The van der Waals surface area contributed by atoms with Crippen LogP contribution in [-0.2, 0) is 4.79 Å². The summed E-state index contributed by atoms with van der Waals surface area (Å²) >= 11 is 1.67. The Morgan fingerprint density at radius 3 is 2.26 bits per heavy atom. The van der Waals surface area contributed by atoms with Gasteiger partial charge in [0, 0.05) is 17.7 Å². The topological polar surface area (TPSA) is 41.6 Å². The molecule has 1 aliphatic rings. The van der Waals surface area contributed by atoms with E-state index in [0.717, 1.165) is 22.6 Å². The van der Waals surface area contributed by atoms with E-state index in [-0.39, 0.29) is 17.9 Å². The molecule has 1 N–H and O–H groups in total. The Balaban J connectivity index is 1.60. The van der Waals surface area contributed by atoms with Crippen LogP contribution in [0, 0.1) is 0 Å². The molecule has 0 aliphatic carbocycles. The van der Waals surface area contributed by atoms with Gasteiger partial charge in [-0.2, -0.15) is 11.3 Å². The normalized spacial score (nSPS) is 14.2. The smallest absolute Gasteiger partial charge is 0.232 e. The van der Waals surface area contributed by atoms with E-state index < -0.39 is 0 Å². The molecular formula is C22H22N2O2S.